The Balaban J connectivity index is 2.07. The summed E-state index contributed by atoms with van der Waals surface area (Å²) in [5, 5.41) is 0. The van der Waals surface area contributed by atoms with Gasteiger partial charge in [-0.3, -0.25) is 4.90 Å². The van der Waals surface area contributed by atoms with Crippen molar-refractivity contribution in [3.63, 3.8) is 0 Å². The van der Waals surface area contributed by atoms with Gasteiger partial charge in [0, 0.05) is 24.7 Å². The summed E-state index contributed by atoms with van der Waals surface area (Å²) in [5.74, 6) is 0.749. The fraction of sp³-hybridized carbons (Fsp3) is 1.00. The number of piperidine rings is 1. The van der Waals surface area contributed by atoms with E-state index in [9.17, 15) is 0 Å². The number of hydrogen-bond donors (Lipinski definition) is 1. The molecule has 1 saturated heterocycles. The highest BCUT2D eigenvalue weighted by molar-refractivity contribution is 5.01. The summed E-state index contributed by atoms with van der Waals surface area (Å²) in [6.07, 6.45) is 5.29. The predicted octanol–water partition coefficient (Wildman–Crippen LogP) is 1.53. The van der Waals surface area contributed by atoms with Gasteiger partial charge in [0.1, 0.15) is 0 Å². The van der Waals surface area contributed by atoms with Gasteiger partial charge in [-0.05, 0) is 51.7 Å². The second-order valence-corrected chi connectivity index (χ2v) is 6.51. The summed E-state index contributed by atoms with van der Waals surface area (Å²) in [6, 6.07) is 0.837. The highest BCUT2D eigenvalue weighted by atomic mass is 15.3. The molecule has 0 atom stereocenters. The van der Waals surface area contributed by atoms with Crippen LogP contribution in [-0.4, -0.2) is 54.6 Å². The van der Waals surface area contributed by atoms with E-state index in [2.05, 4.69) is 30.7 Å². The second-order valence-electron chi connectivity index (χ2n) is 6.51. The molecule has 0 aromatic heterocycles. The van der Waals surface area contributed by atoms with Crippen LogP contribution in [0.25, 0.3) is 0 Å². The molecule has 17 heavy (non-hydrogen) atoms. The van der Waals surface area contributed by atoms with Gasteiger partial charge in [0.2, 0.25) is 0 Å². The topological polar surface area (TPSA) is 32.5 Å². The predicted molar refractivity (Wildman–Crippen MR) is 73.1 cm³/mol. The molecule has 3 heteroatoms. The van der Waals surface area contributed by atoms with Gasteiger partial charge < -0.3 is 10.6 Å². The van der Waals surface area contributed by atoms with Crippen LogP contribution >= 0.6 is 0 Å². The van der Waals surface area contributed by atoms with Gasteiger partial charge in [-0.2, -0.15) is 0 Å². The van der Waals surface area contributed by atoms with Gasteiger partial charge in [-0.1, -0.05) is 13.8 Å². The molecule has 2 N–H and O–H groups in total. The van der Waals surface area contributed by atoms with Crippen LogP contribution in [0.3, 0.4) is 0 Å². The summed E-state index contributed by atoms with van der Waals surface area (Å²) in [7, 11) is 2.23. The standard InChI is InChI=1S/C14H29N3/c1-12(2)10-17(13-4-5-13)14(11-15)6-8-16(3)9-7-14/h12-13H,4-11,15H2,1-3H3. The van der Waals surface area contributed by atoms with Crippen molar-refractivity contribution in [3.05, 3.63) is 0 Å². The molecule has 100 valence electrons. The number of hydrogen-bond acceptors (Lipinski definition) is 3. The Bertz CT molecular complexity index is 240. The molecule has 0 aromatic carbocycles. The Morgan fingerprint density at radius 3 is 2.29 bits per heavy atom. The molecule has 1 aliphatic heterocycles. The van der Waals surface area contributed by atoms with Gasteiger partial charge in [0.25, 0.3) is 0 Å². The van der Waals surface area contributed by atoms with Crippen LogP contribution in [0.2, 0.25) is 0 Å². The quantitative estimate of drug-likeness (QED) is 0.790. The molecule has 0 radical (unpaired) electrons. The molecule has 3 nitrogen and oxygen atoms in total. The van der Waals surface area contributed by atoms with E-state index in [0.29, 0.717) is 5.54 Å². The third-order valence-electron chi connectivity index (χ3n) is 4.46. The van der Waals surface area contributed by atoms with E-state index in [0.717, 1.165) is 18.5 Å². The molecule has 0 unspecified atom stereocenters. The number of nitrogens with zero attached hydrogens (tertiary/aromatic N) is 2. The largest absolute Gasteiger partial charge is 0.329 e. The molecule has 0 amide bonds. The summed E-state index contributed by atoms with van der Waals surface area (Å²) >= 11 is 0. The van der Waals surface area contributed by atoms with E-state index < -0.39 is 0 Å². The summed E-state index contributed by atoms with van der Waals surface area (Å²) in [5.41, 5.74) is 6.47. The van der Waals surface area contributed by atoms with E-state index in [1.165, 1.54) is 45.3 Å². The molecular weight excluding hydrogens is 210 g/mol. The van der Waals surface area contributed by atoms with Crippen molar-refractivity contribution in [2.45, 2.75) is 51.1 Å². The lowest BCUT2D eigenvalue weighted by molar-refractivity contribution is 0.0189. The van der Waals surface area contributed by atoms with Crippen LogP contribution in [0.5, 0.6) is 0 Å². The van der Waals surface area contributed by atoms with Crippen molar-refractivity contribution in [2.24, 2.45) is 11.7 Å². The van der Waals surface area contributed by atoms with Crippen molar-refractivity contribution >= 4 is 0 Å². The van der Waals surface area contributed by atoms with Crippen LogP contribution in [0, 0.1) is 5.92 Å². The average Bonchev–Trinajstić information content (AvgIpc) is 3.11. The third-order valence-corrected chi connectivity index (χ3v) is 4.46. The van der Waals surface area contributed by atoms with E-state index >= 15 is 0 Å². The SMILES string of the molecule is CC(C)CN(C1CC1)C1(CN)CCN(C)CC1. The van der Waals surface area contributed by atoms with E-state index in [-0.39, 0.29) is 0 Å². The average molecular weight is 239 g/mol. The Morgan fingerprint density at radius 2 is 1.88 bits per heavy atom. The third kappa shape index (κ3) is 3.01. The smallest absolute Gasteiger partial charge is 0.0359 e. The lowest BCUT2D eigenvalue weighted by Crippen LogP contribution is -2.60. The minimum absolute atomic E-state index is 0.304. The first-order valence-electron chi connectivity index (χ1n) is 7.23. The van der Waals surface area contributed by atoms with Gasteiger partial charge >= 0.3 is 0 Å². The Labute approximate surface area is 106 Å². The zero-order valence-electron chi connectivity index (χ0n) is 11.8. The zero-order valence-corrected chi connectivity index (χ0v) is 11.8. The van der Waals surface area contributed by atoms with Gasteiger partial charge in [0.15, 0.2) is 0 Å². The van der Waals surface area contributed by atoms with Crippen LogP contribution in [0.1, 0.15) is 39.5 Å². The summed E-state index contributed by atoms with van der Waals surface area (Å²) in [4.78, 5) is 5.21. The Kier molecular flexibility index (Phi) is 4.11. The lowest BCUT2D eigenvalue weighted by atomic mass is 9.85. The summed E-state index contributed by atoms with van der Waals surface area (Å²) < 4.78 is 0. The highest BCUT2D eigenvalue weighted by Crippen LogP contribution is 2.38. The first kappa shape index (κ1) is 13.3. The highest BCUT2D eigenvalue weighted by Gasteiger charge is 2.44. The Hall–Kier alpha value is -0.120. The molecule has 2 fully saturated rings. The molecule has 0 bridgehead atoms. The normalized spacial score (nSPS) is 25.8. The molecule has 0 spiro atoms. The molecule has 2 rings (SSSR count). The van der Waals surface area contributed by atoms with Crippen LogP contribution in [-0.2, 0) is 0 Å². The summed E-state index contributed by atoms with van der Waals surface area (Å²) in [6.45, 7) is 9.13. The lowest BCUT2D eigenvalue weighted by Gasteiger charge is -2.49. The van der Waals surface area contributed by atoms with Crippen molar-refractivity contribution in [1.82, 2.24) is 9.80 Å². The molecule has 1 aliphatic carbocycles. The minimum atomic E-state index is 0.304. The maximum absolute atomic E-state index is 6.17. The number of likely N-dealkylation sites (tertiary alicyclic amines) is 1. The van der Waals surface area contributed by atoms with Crippen molar-refractivity contribution < 1.29 is 0 Å². The van der Waals surface area contributed by atoms with Crippen molar-refractivity contribution in [2.75, 3.05) is 33.2 Å². The van der Waals surface area contributed by atoms with Crippen LogP contribution in [0.4, 0.5) is 0 Å². The molecular formula is C14H29N3. The van der Waals surface area contributed by atoms with E-state index in [4.69, 9.17) is 5.73 Å². The van der Waals surface area contributed by atoms with Gasteiger partial charge in [-0.25, -0.2) is 0 Å². The first-order valence-corrected chi connectivity index (χ1v) is 7.23. The molecule has 1 saturated carbocycles. The van der Waals surface area contributed by atoms with Crippen LogP contribution < -0.4 is 5.73 Å². The minimum Gasteiger partial charge on any atom is -0.329 e. The fourth-order valence-electron chi connectivity index (χ4n) is 3.15. The van der Waals surface area contributed by atoms with Crippen molar-refractivity contribution in [3.8, 4) is 0 Å². The maximum atomic E-state index is 6.17. The fourth-order valence-corrected chi connectivity index (χ4v) is 3.15. The molecule has 2 aliphatic rings. The van der Waals surface area contributed by atoms with Gasteiger partial charge in [-0.15, -0.1) is 0 Å². The zero-order chi connectivity index (χ0) is 12.5. The molecule has 1 heterocycles. The second kappa shape index (κ2) is 5.25. The first-order chi connectivity index (χ1) is 8.07. The van der Waals surface area contributed by atoms with Crippen molar-refractivity contribution in [1.29, 1.82) is 0 Å². The van der Waals surface area contributed by atoms with Gasteiger partial charge in [0.05, 0.1) is 0 Å². The number of nitrogens with two attached hydrogens (primary N) is 1. The Morgan fingerprint density at radius 1 is 1.29 bits per heavy atom. The molecule has 0 aromatic rings. The number of rotatable bonds is 5. The maximum Gasteiger partial charge on any atom is 0.0359 e. The van der Waals surface area contributed by atoms with E-state index in [1.54, 1.807) is 0 Å². The monoisotopic (exact) mass is 239 g/mol. The van der Waals surface area contributed by atoms with E-state index in [1.807, 2.05) is 0 Å². The van der Waals surface area contributed by atoms with Crippen LogP contribution in [0.15, 0.2) is 0 Å².